The average molecular weight is 329 g/mol. The monoisotopic (exact) mass is 329 g/mol. The smallest absolute Gasteiger partial charge is 0.256 e. The Hall–Kier alpha value is -2.47. The van der Waals surface area contributed by atoms with Gasteiger partial charge in [-0.1, -0.05) is 12.1 Å². The molecule has 0 fully saturated rings. The number of nitrogens with one attached hydrogen (secondary N) is 2. The molecule has 0 aliphatic heterocycles. The molecule has 6 heteroatoms. The number of nitrogens with zero attached hydrogens (tertiary/aromatic N) is 1. The summed E-state index contributed by atoms with van der Waals surface area (Å²) in [5.74, 6) is -0.321. The van der Waals surface area contributed by atoms with E-state index in [1.807, 2.05) is 43.5 Å². The number of amides is 2. The average Bonchev–Trinajstić information content (AvgIpc) is 2.85. The SMILES string of the molecule is CC(=O)N/N=C(/C)c1ccc(NC(=O)c2csc(C)c2C)cc1. The van der Waals surface area contributed by atoms with Gasteiger partial charge >= 0.3 is 0 Å². The van der Waals surface area contributed by atoms with Crippen molar-refractivity contribution in [3.63, 3.8) is 0 Å². The minimum atomic E-state index is -0.213. The maximum absolute atomic E-state index is 12.3. The highest BCUT2D eigenvalue weighted by atomic mass is 32.1. The molecule has 120 valence electrons. The molecule has 0 aliphatic carbocycles. The van der Waals surface area contributed by atoms with Crippen LogP contribution in [-0.4, -0.2) is 17.5 Å². The molecule has 0 atom stereocenters. The van der Waals surface area contributed by atoms with Crippen molar-refractivity contribution in [2.24, 2.45) is 5.10 Å². The van der Waals surface area contributed by atoms with Gasteiger partial charge in [-0.2, -0.15) is 5.10 Å². The van der Waals surface area contributed by atoms with Crippen LogP contribution in [0.15, 0.2) is 34.7 Å². The van der Waals surface area contributed by atoms with Crippen molar-refractivity contribution in [3.05, 3.63) is 51.2 Å². The lowest BCUT2D eigenvalue weighted by Gasteiger charge is -2.07. The Balaban J connectivity index is 2.08. The van der Waals surface area contributed by atoms with E-state index in [1.54, 1.807) is 18.3 Å². The van der Waals surface area contributed by atoms with E-state index < -0.39 is 0 Å². The Labute approximate surface area is 139 Å². The molecule has 23 heavy (non-hydrogen) atoms. The number of anilines is 1. The topological polar surface area (TPSA) is 70.6 Å². The van der Waals surface area contributed by atoms with Gasteiger partial charge in [-0.05, 0) is 44.0 Å². The molecule has 2 aromatic rings. The zero-order chi connectivity index (χ0) is 17.0. The summed E-state index contributed by atoms with van der Waals surface area (Å²) in [5, 5.41) is 8.74. The van der Waals surface area contributed by atoms with E-state index in [4.69, 9.17) is 0 Å². The zero-order valence-corrected chi connectivity index (χ0v) is 14.4. The number of carbonyl (C=O) groups is 2. The van der Waals surface area contributed by atoms with Crippen LogP contribution in [0.4, 0.5) is 5.69 Å². The van der Waals surface area contributed by atoms with Crippen LogP contribution in [0.2, 0.25) is 0 Å². The van der Waals surface area contributed by atoms with Gasteiger partial charge in [-0.25, -0.2) is 5.43 Å². The molecule has 0 saturated heterocycles. The quantitative estimate of drug-likeness (QED) is 0.666. The fourth-order valence-corrected chi connectivity index (χ4v) is 2.82. The summed E-state index contributed by atoms with van der Waals surface area (Å²) in [6, 6.07) is 7.33. The van der Waals surface area contributed by atoms with E-state index in [2.05, 4.69) is 15.8 Å². The molecule has 0 saturated carbocycles. The highest BCUT2D eigenvalue weighted by Gasteiger charge is 2.12. The predicted molar refractivity (Wildman–Crippen MR) is 94.2 cm³/mol. The maximum Gasteiger partial charge on any atom is 0.256 e. The third-order valence-electron chi connectivity index (χ3n) is 3.47. The number of hydrogen-bond acceptors (Lipinski definition) is 4. The fraction of sp³-hybridized carbons (Fsp3) is 0.235. The van der Waals surface area contributed by atoms with Crippen LogP contribution in [0.5, 0.6) is 0 Å². The first-order chi connectivity index (χ1) is 10.9. The van der Waals surface area contributed by atoms with Crippen LogP contribution < -0.4 is 10.7 Å². The number of thiophene rings is 1. The maximum atomic E-state index is 12.3. The highest BCUT2D eigenvalue weighted by Crippen LogP contribution is 2.21. The molecule has 5 nitrogen and oxygen atoms in total. The summed E-state index contributed by atoms with van der Waals surface area (Å²) in [6.45, 7) is 7.17. The molecule has 1 heterocycles. The van der Waals surface area contributed by atoms with E-state index in [0.717, 1.165) is 16.0 Å². The number of aryl methyl sites for hydroxylation is 1. The van der Waals surface area contributed by atoms with Gasteiger partial charge in [0.25, 0.3) is 5.91 Å². The van der Waals surface area contributed by atoms with Gasteiger partial charge in [0.05, 0.1) is 11.3 Å². The van der Waals surface area contributed by atoms with Crippen LogP contribution in [0.3, 0.4) is 0 Å². The molecular formula is C17H19N3O2S. The van der Waals surface area contributed by atoms with Gasteiger partial charge in [0, 0.05) is 22.9 Å². The minimum Gasteiger partial charge on any atom is -0.322 e. The molecule has 0 radical (unpaired) electrons. The van der Waals surface area contributed by atoms with E-state index in [1.165, 1.54) is 6.92 Å². The lowest BCUT2D eigenvalue weighted by Crippen LogP contribution is -2.15. The number of carbonyl (C=O) groups excluding carboxylic acids is 2. The van der Waals surface area contributed by atoms with Crippen molar-refractivity contribution in [3.8, 4) is 0 Å². The third-order valence-corrected chi connectivity index (χ3v) is 4.49. The Morgan fingerprint density at radius 2 is 1.74 bits per heavy atom. The summed E-state index contributed by atoms with van der Waals surface area (Å²) in [7, 11) is 0. The van der Waals surface area contributed by atoms with E-state index in [0.29, 0.717) is 17.0 Å². The van der Waals surface area contributed by atoms with Crippen LogP contribution in [0.25, 0.3) is 0 Å². The summed E-state index contributed by atoms with van der Waals surface area (Å²) >= 11 is 1.57. The molecule has 0 bridgehead atoms. The van der Waals surface area contributed by atoms with Crippen molar-refractivity contribution in [2.45, 2.75) is 27.7 Å². The van der Waals surface area contributed by atoms with Crippen molar-refractivity contribution in [1.29, 1.82) is 0 Å². The molecule has 2 rings (SSSR count). The molecule has 2 N–H and O–H groups in total. The van der Waals surface area contributed by atoms with E-state index in [-0.39, 0.29) is 11.8 Å². The van der Waals surface area contributed by atoms with E-state index in [9.17, 15) is 9.59 Å². The van der Waals surface area contributed by atoms with Crippen LogP contribution >= 0.6 is 11.3 Å². The van der Waals surface area contributed by atoms with Crippen molar-refractivity contribution in [2.75, 3.05) is 5.32 Å². The van der Waals surface area contributed by atoms with Gasteiger partial charge in [0.15, 0.2) is 0 Å². The molecular weight excluding hydrogens is 310 g/mol. The molecule has 0 spiro atoms. The Bertz CT molecular complexity index is 761. The normalized spacial score (nSPS) is 11.2. The summed E-state index contributed by atoms with van der Waals surface area (Å²) in [5.41, 5.74) is 6.41. The molecule has 0 aliphatic rings. The second kappa shape index (κ2) is 7.19. The van der Waals surface area contributed by atoms with E-state index >= 15 is 0 Å². The van der Waals surface area contributed by atoms with Gasteiger partial charge in [-0.15, -0.1) is 11.3 Å². The Kier molecular flexibility index (Phi) is 5.28. The van der Waals surface area contributed by atoms with Crippen molar-refractivity contribution >= 4 is 34.6 Å². The second-order valence-electron chi connectivity index (χ2n) is 5.23. The first kappa shape index (κ1) is 16.9. The lowest BCUT2D eigenvalue weighted by molar-refractivity contribution is -0.118. The predicted octanol–water partition coefficient (Wildman–Crippen LogP) is 3.48. The fourth-order valence-electron chi connectivity index (χ4n) is 1.96. The first-order valence-electron chi connectivity index (χ1n) is 7.16. The van der Waals surface area contributed by atoms with Crippen molar-refractivity contribution in [1.82, 2.24) is 5.43 Å². The number of hydrazone groups is 1. The second-order valence-corrected chi connectivity index (χ2v) is 6.31. The first-order valence-corrected chi connectivity index (χ1v) is 8.03. The largest absolute Gasteiger partial charge is 0.322 e. The number of hydrogen-bond donors (Lipinski definition) is 2. The van der Waals surface area contributed by atoms with Crippen molar-refractivity contribution < 1.29 is 9.59 Å². The zero-order valence-electron chi connectivity index (χ0n) is 13.6. The number of rotatable bonds is 4. The highest BCUT2D eigenvalue weighted by molar-refractivity contribution is 7.10. The molecule has 0 unspecified atom stereocenters. The van der Waals surface area contributed by atoms with Crippen LogP contribution in [-0.2, 0) is 4.79 Å². The minimum absolute atomic E-state index is 0.108. The Morgan fingerprint density at radius 1 is 1.09 bits per heavy atom. The number of benzene rings is 1. The Morgan fingerprint density at radius 3 is 2.26 bits per heavy atom. The van der Waals surface area contributed by atoms with Gasteiger partial charge < -0.3 is 5.32 Å². The lowest BCUT2D eigenvalue weighted by atomic mass is 10.1. The van der Waals surface area contributed by atoms with Gasteiger partial charge in [0.2, 0.25) is 5.91 Å². The molecule has 1 aromatic carbocycles. The third kappa shape index (κ3) is 4.26. The standard InChI is InChI=1S/C17H19N3O2S/c1-10-12(3)23-9-16(10)17(22)18-15-7-5-14(6-8-15)11(2)19-20-13(4)21/h5-9H,1-4H3,(H,18,22)(H,20,21)/b19-11-. The summed E-state index contributed by atoms with van der Waals surface area (Å²) in [6.07, 6.45) is 0. The summed E-state index contributed by atoms with van der Waals surface area (Å²) in [4.78, 5) is 24.3. The van der Waals surface area contributed by atoms with Crippen LogP contribution in [0.1, 0.15) is 40.2 Å². The molecule has 2 amide bonds. The summed E-state index contributed by atoms with van der Waals surface area (Å²) < 4.78 is 0. The van der Waals surface area contributed by atoms with Crippen LogP contribution in [0, 0.1) is 13.8 Å². The van der Waals surface area contributed by atoms with Gasteiger partial charge in [0.1, 0.15) is 0 Å². The molecule has 1 aromatic heterocycles. The van der Waals surface area contributed by atoms with Gasteiger partial charge in [-0.3, -0.25) is 9.59 Å².